The average Bonchev–Trinajstić information content (AvgIpc) is 3.85. The summed E-state index contributed by atoms with van der Waals surface area (Å²) in [5.41, 5.74) is 11.5. The maximum Gasteiger partial charge on any atom is 0.167 e. The summed E-state index contributed by atoms with van der Waals surface area (Å²) in [7, 11) is 0. The lowest BCUT2D eigenvalue weighted by Gasteiger charge is -2.12. The van der Waals surface area contributed by atoms with E-state index in [9.17, 15) is 0 Å². The van der Waals surface area contributed by atoms with Crippen molar-refractivity contribution in [2.24, 2.45) is 0 Å². The first-order chi connectivity index (χ1) is 27.7. The van der Waals surface area contributed by atoms with E-state index in [1.165, 1.54) is 37.0 Å². The molecule has 0 aliphatic rings. The first kappa shape index (κ1) is 32.2. The molecule has 56 heavy (non-hydrogen) atoms. The summed E-state index contributed by atoms with van der Waals surface area (Å²) in [6.45, 7) is 0. The van der Waals surface area contributed by atoms with Crippen LogP contribution in [0.4, 0.5) is 0 Å². The molecule has 0 radical (unpaired) electrons. The number of hydrogen-bond donors (Lipinski definition) is 0. The third kappa shape index (κ3) is 5.48. The zero-order valence-electron chi connectivity index (χ0n) is 30.1. The van der Waals surface area contributed by atoms with Crippen LogP contribution in [-0.2, 0) is 0 Å². The second-order valence-corrected chi connectivity index (χ2v) is 15.0. The van der Waals surface area contributed by atoms with Crippen molar-refractivity contribution in [2.45, 2.75) is 0 Å². The molecule has 0 atom stereocenters. The molecule has 0 aliphatic heterocycles. The third-order valence-electron chi connectivity index (χ3n) is 10.6. The number of benzene rings is 8. The fourth-order valence-electron chi connectivity index (χ4n) is 7.92. The SMILES string of the molecule is c1ccc(-c2nc(-c3cccc4c3oc3ccccc34)nc(-c3cccc4sc5ccc(-c6cccc(-c7ccccc7-c7ccccc7)c6)cc5c34)n2)cc1. The van der Waals surface area contributed by atoms with E-state index in [0.717, 1.165) is 55.1 Å². The minimum absolute atomic E-state index is 0.573. The molecule has 3 heterocycles. The Morgan fingerprint density at radius 2 is 0.911 bits per heavy atom. The van der Waals surface area contributed by atoms with Crippen LogP contribution >= 0.6 is 11.3 Å². The Hall–Kier alpha value is -7.21. The van der Waals surface area contributed by atoms with Crippen LogP contribution in [0.2, 0.25) is 0 Å². The largest absolute Gasteiger partial charge is 0.455 e. The van der Waals surface area contributed by atoms with Crippen LogP contribution in [-0.4, -0.2) is 15.0 Å². The number of para-hydroxylation sites is 2. The van der Waals surface area contributed by atoms with E-state index in [-0.39, 0.29) is 0 Å². The zero-order valence-corrected chi connectivity index (χ0v) is 30.9. The van der Waals surface area contributed by atoms with Crippen molar-refractivity contribution in [1.82, 2.24) is 15.0 Å². The van der Waals surface area contributed by atoms with Crippen LogP contribution in [0.5, 0.6) is 0 Å². The summed E-state index contributed by atoms with van der Waals surface area (Å²) in [6.07, 6.45) is 0. The van der Waals surface area contributed by atoms with Crippen LogP contribution in [0, 0.1) is 0 Å². The first-order valence-electron chi connectivity index (χ1n) is 18.7. The highest BCUT2D eigenvalue weighted by Crippen LogP contribution is 2.43. The van der Waals surface area contributed by atoms with Gasteiger partial charge in [-0.2, -0.15) is 0 Å². The van der Waals surface area contributed by atoms with Crippen LogP contribution in [0.25, 0.3) is 110 Å². The van der Waals surface area contributed by atoms with Crippen molar-refractivity contribution in [3.8, 4) is 67.5 Å². The Morgan fingerprint density at radius 1 is 0.339 bits per heavy atom. The van der Waals surface area contributed by atoms with Gasteiger partial charge in [-0.15, -0.1) is 11.3 Å². The quantitative estimate of drug-likeness (QED) is 0.171. The lowest BCUT2D eigenvalue weighted by Crippen LogP contribution is -2.00. The predicted octanol–water partition coefficient (Wildman–Crippen LogP) is 14.1. The maximum atomic E-state index is 6.47. The molecular weight excluding hydrogens is 703 g/mol. The van der Waals surface area contributed by atoms with Gasteiger partial charge in [-0.3, -0.25) is 0 Å². The summed E-state index contributed by atoms with van der Waals surface area (Å²) in [6, 6.07) is 65.8. The molecule has 0 amide bonds. The molecule has 0 unspecified atom stereocenters. The minimum atomic E-state index is 0.573. The Kier molecular flexibility index (Phi) is 7.64. The molecule has 5 heteroatoms. The molecule has 0 spiro atoms. The summed E-state index contributed by atoms with van der Waals surface area (Å²) >= 11 is 1.79. The van der Waals surface area contributed by atoms with Gasteiger partial charge in [0.1, 0.15) is 11.2 Å². The molecule has 0 fully saturated rings. The predicted molar refractivity (Wildman–Crippen MR) is 233 cm³/mol. The maximum absolute atomic E-state index is 6.47. The van der Waals surface area contributed by atoms with Crippen molar-refractivity contribution in [2.75, 3.05) is 0 Å². The molecule has 0 bridgehead atoms. The average molecular weight is 734 g/mol. The highest BCUT2D eigenvalue weighted by molar-refractivity contribution is 7.26. The van der Waals surface area contributed by atoms with Gasteiger partial charge in [-0.1, -0.05) is 152 Å². The van der Waals surface area contributed by atoms with E-state index >= 15 is 0 Å². The molecule has 0 N–H and O–H groups in total. The zero-order chi connectivity index (χ0) is 37.0. The van der Waals surface area contributed by atoms with Gasteiger partial charge in [0.05, 0.1) is 5.56 Å². The Bertz CT molecular complexity index is 3260. The highest BCUT2D eigenvalue weighted by atomic mass is 32.1. The number of fused-ring (bicyclic) bond motifs is 6. The number of furan rings is 1. The van der Waals surface area contributed by atoms with Gasteiger partial charge >= 0.3 is 0 Å². The molecule has 11 rings (SSSR count). The van der Waals surface area contributed by atoms with Crippen molar-refractivity contribution < 1.29 is 4.42 Å². The van der Waals surface area contributed by atoms with Crippen LogP contribution < -0.4 is 0 Å². The van der Waals surface area contributed by atoms with Gasteiger partial charge in [-0.25, -0.2) is 15.0 Å². The highest BCUT2D eigenvalue weighted by Gasteiger charge is 2.20. The third-order valence-corrected chi connectivity index (χ3v) is 11.7. The van der Waals surface area contributed by atoms with E-state index in [1.807, 2.05) is 54.6 Å². The standard InChI is InChI=1S/C51H31N3OS/c1-3-14-32(15-4-1)37-20-7-8-21-38(37)36-19-11-18-34(30-36)35-28-29-45-43(31-35)47-41(24-13-27-46(47)56-45)50-52-49(33-16-5-2-6-17-33)53-51(54-50)42-25-12-23-40-39-22-9-10-26-44(39)55-48(40)42/h1-31H. The smallest absolute Gasteiger partial charge is 0.167 e. The van der Waals surface area contributed by atoms with Gasteiger partial charge in [0.25, 0.3) is 0 Å². The topological polar surface area (TPSA) is 51.8 Å². The molecule has 8 aromatic carbocycles. The first-order valence-corrected chi connectivity index (χ1v) is 19.5. The van der Waals surface area contributed by atoms with E-state index in [2.05, 4.69) is 133 Å². The van der Waals surface area contributed by atoms with Crippen LogP contribution in [0.1, 0.15) is 0 Å². The molecular formula is C51H31N3OS. The summed E-state index contributed by atoms with van der Waals surface area (Å²) in [5.74, 6) is 1.81. The lowest BCUT2D eigenvalue weighted by molar-refractivity contribution is 0.669. The van der Waals surface area contributed by atoms with E-state index in [1.54, 1.807) is 11.3 Å². The number of thiophene rings is 1. The van der Waals surface area contributed by atoms with Crippen molar-refractivity contribution in [1.29, 1.82) is 0 Å². The van der Waals surface area contributed by atoms with E-state index < -0.39 is 0 Å². The van der Waals surface area contributed by atoms with Gasteiger partial charge in [0, 0.05) is 42.1 Å². The number of aromatic nitrogens is 3. The number of rotatable bonds is 6. The van der Waals surface area contributed by atoms with E-state index in [4.69, 9.17) is 19.4 Å². The van der Waals surface area contributed by atoms with Crippen LogP contribution in [0.15, 0.2) is 192 Å². The van der Waals surface area contributed by atoms with Crippen molar-refractivity contribution in [3.63, 3.8) is 0 Å². The second kappa shape index (κ2) is 13.3. The molecule has 0 saturated carbocycles. The Labute approximate surface area is 327 Å². The van der Waals surface area contributed by atoms with Gasteiger partial charge < -0.3 is 4.42 Å². The van der Waals surface area contributed by atoms with Crippen molar-refractivity contribution >= 4 is 53.4 Å². The molecule has 0 aliphatic carbocycles. The number of nitrogens with zero attached hydrogens (tertiary/aromatic N) is 3. The van der Waals surface area contributed by atoms with Crippen LogP contribution in [0.3, 0.4) is 0 Å². The minimum Gasteiger partial charge on any atom is -0.455 e. The monoisotopic (exact) mass is 733 g/mol. The summed E-state index contributed by atoms with van der Waals surface area (Å²) in [5, 5.41) is 4.42. The molecule has 11 aromatic rings. The molecule has 0 saturated heterocycles. The Balaban J connectivity index is 1.08. The second-order valence-electron chi connectivity index (χ2n) is 13.9. The fourth-order valence-corrected chi connectivity index (χ4v) is 9.03. The lowest BCUT2D eigenvalue weighted by atomic mass is 9.92. The van der Waals surface area contributed by atoms with Gasteiger partial charge in [-0.05, 0) is 69.8 Å². The molecule has 4 nitrogen and oxygen atoms in total. The van der Waals surface area contributed by atoms with Gasteiger partial charge in [0.2, 0.25) is 0 Å². The molecule has 3 aromatic heterocycles. The fraction of sp³-hybridized carbons (Fsp3) is 0. The number of hydrogen-bond acceptors (Lipinski definition) is 5. The summed E-state index contributed by atoms with van der Waals surface area (Å²) in [4.78, 5) is 15.5. The normalized spacial score (nSPS) is 11.6. The molecule has 262 valence electrons. The Morgan fingerprint density at radius 3 is 1.75 bits per heavy atom. The van der Waals surface area contributed by atoms with Crippen molar-refractivity contribution in [3.05, 3.63) is 188 Å². The van der Waals surface area contributed by atoms with E-state index in [0.29, 0.717) is 17.5 Å². The van der Waals surface area contributed by atoms with Gasteiger partial charge in [0.15, 0.2) is 17.5 Å². The summed E-state index contributed by atoms with van der Waals surface area (Å²) < 4.78 is 8.86.